The number of carbonyl (C=O) groups excluding carboxylic acids is 3. The number of ether oxygens (including phenoxy) is 2. The van der Waals surface area contributed by atoms with Gasteiger partial charge in [0.2, 0.25) is 11.9 Å². The maximum atomic E-state index is 13.6. The molecular weight excluding hydrogens is 666 g/mol. The Labute approximate surface area is 298 Å². The van der Waals surface area contributed by atoms with Crippen LogP contribution in [-0.4, -0.2) is 80.6 Å². The van der Waals surface area contributed by atoms with Crippen LogP contribution in [0.2, 0.25) is 0 Å². The molecular formula is C36H39N11O5. The highest BCUT2D eigenvalue weighted by Gasteiger charge is 2.26. The quantitative estimate of drug-likeness (QED) is 0.125. The Morgan fingerprint density at radius 1 is 0.942 bits per heavy atom. The molecule has 2 amide bonds. The van der Waals surface area contributed by atoms with Crippen molar-refractivity contribution in [2.45, 2.75) is 66.4 Å². The third kappa shape index (κ3) is 6.67. The van der Waals surface area contributed by atoms with E-state index in [1.54, 1.807) is 39.8 Å². The maximum Gasteiger partial charge on any atom is 0.276 e. The molecule has 1 fully saturated rings. The summed E-state index contributed by atoms with van der Waals surface area (Å²) in [7, 11) is 0. The third-order valence-corrected chi connectivity index (χ3v) is 8.78. The van der Waals surface area contributed by atoms with Gasteiger partial charge in [-0.05, 0) is 64.1 Å². The molecule has 1 aliphatic rings. The highest BCUT2D eigenvalue weighted by molar-refractivity contribution is 6.04. The summed E-state index contributed by atoms with van der Waals surface area (Å²) in [5, 5.41) is 11.8. The van der Waals surface area contributed by atoms with E-state index >= 15 is 0 Å². The lowest BCUT2D eigenvalue weighted by molar-refractivity contribution is -0.0792. The van der Waals surface area contributed by atoms with E-state index in [9.17, 15) is 14.4 Å². The molecule has 0 saturated carbocycles. The summed E-state index contributed by atoms with van der Waals surface area (Å²) in [6.07, 6.45) is 5.41. The van der Waals surface area contributed by atoms with Crippen molar-refractivity contribution in [2.75, 3.05) is 18.5 Å². The van der Waals surface area contributed by atoms with E-state index in [1.807, 2.05) is 61.1 Å². The molecule has 1 saturated heterocycles. The fourth-order valence-electron chi connectivity index (χ4n) is 6.27. The lowest BCUT2D eigenvalue weighted by Gasteiger charge is -2.27. The summed E-state index contributed by atoms with van der Waals surface area (Å²) in [5.74, 6) is 0.0918. The van der Waals surface area contributed by atoms with Crippen molar-refractivity contribution < 1.29 is 23.9 Å². The van der Waals surface area contributed by atoms with Gasteiger partial charge in [0.15, 0.2) is 11.4 Å². The monoisotopic (exact) mass is 705 g/mol. The predicted octanol–water partition coefficient (Wildman–Crippen LogP) is 3.64. The van der Waals surface area contributed by atoms with Gasteiger partial charge in [-0.1, -0.05) is 12.2 Å². The fourth-order valence-corrected chi connectivity index (χ4v) is 6.27. The average Bonchev–Trinajstić information content (AvgIpc) is 3.87. The maximum absolute atomic E-state index is 13.6. The van der Waals surface area contributed by atoms with Gasteiger partial charge in [0.25, 0.3) is 5.91 Å². The number of hydrogen-bond donors (Lipinski definition) is 2. The summed E-state index contributed by atoms with van der Waals surface area (Å²) in [4.78, 5) is 53.4. The largest absolute Gasteiger partial charge is 0.483 e. The van der Waals surface area contributed by atoms with Crippen LogP contribution in [0, 0.1) is 13.8 Å². The van der Waals surface area contributed by atoms with E-state index < -0.39 is 11.8 Å². The zero-order valence-electron chi connectivity index (χ0n) is 29.4. The molecule has 0 atom stereocenters. The van der Waals surface area contributed by atoms with Crippen LogP contribution in [0.5, 0.6) is 5.75 Å². The number of Topliss-reactive ketones (excluding diaryl/α,β-unsaturated/α-hetero) is 1. The van der Waals surface area contributed by atoms with Crippen molar-refractivity contribution in [1.29, 1.82) is 0 Å². The van der Waals surface area contributed by atoms with Crippen LogP contribution < -0.4 is 15.8 Å². The van der Waals surface area contributed by atoms with Crippen LogP contribution in [0.25, 0.3) is 22.2 Å². The first-order valence-corrected chi connectivity index (χ1v) is 17.1. The first-order chi connectivity index (χ1) is 25.1. The second kappa shape index (κ2) is 14.2. The number of nitrogens with one attached hydrogen (secondary N) is 1. The van der Waals surface area contributed by atoms with Gasteiger partial charge < -0.3 is 24.3 Å². The van der Waals surface area contributed by atoms with Crippen LogP contribution in [-0.2, 0) is 37.3 Å². The molecule has 6 heterocycles. The van der Waals surface area contributed by atoms with Gasteiger partial charge in [-0.25, -0.2) is 15.0 Å². The molecule has 0 radical (unpaired) electrons. The van der Waals surface area contributed by atoms with Crippen molar-refractivity contribution in [3.63, 3.8) is 0 Å². The number of anilines is 1. The third-order valence-electron chi connectivity index (χ3n) is 8.78. The van der Waals surface area contributed by atoms with Crippen LogP contribution in [0.1, 0.15) is 62.4 Å². The van der Waals surface area contributed by atoms with Crippen molar-refractivity contribution in [2.24, 2.45) is 5.73 Å². The number of benzene rings is 1. The minimum Gasteiger partial charge on any atom is -0.483 e. The highest BCUT2D eigenvalue weighted by atomic mass is 16.6. The number of ketones is 1. The highest BCUT2D eigenvalue weighted by Crippen LogP contribution is 2.33. The minimum atomic E-state index is -0.635. The Balaban J connectivity index is 1.23. The second-order valence-corrected chi connectivity index (χ2v) is 12.5. The van der Waals surface area contributed by atoms with Gasteiger partial charge in [0.05, 0.1) is 36.5 Å². The molecule has 7 rings (SSSR count). The van der Waals surface area contributed by atoms with Crippen molar-refractivity contribution in [3.8, 4) is 5.75 Å². The number of aromatic nitrogens is 9. The molecule has 0 spiro atoms. The van der Waals surface area contributed by atoms with Gasteiger partial charge in [0, 0.05) is 37.9 Å². The van der Waals surface area contributed by atoms with Gasteiger partial charge in [-0.3, -0.25) is 29.1 Å². The van der Waals surface area contributed by atoms with Crippen LogP contribution in [0.15, 0.2) is 54.7 Å². The molecule has 0 unspecified atom stereocenters. The van der Waals surface area contributed by atoms with Crippen molar-refractivity contribution in [1.82, 2.24) is 43.6 Å². The molecule has 6 aromatic rings. The van der Waals surface area contributed by atoms with Gasteiger partial charge in [-0.15, -0.1) is 0 Å². The van der Waals surface area contributed by atoms with Crippen molar-refractivity contribution >= 4 is 45.7 Å². The lowest BCUT2D eigenvalue weighted by atomic mass is 10.1. The van der Waals surface area contributed by atoms with E-state index in [1.165, 1.54) is 0 Å². The first-order valence-electron chi connectivity index (χ1n) is 17.1. The number of nitrogens with two attached hydrogens (primary N) is 1. The Hall–Kier alpha value is -6.16. The molecule has 268 valence electrons. The Morgan fingerprint density at radius 2 is 1.63 bits per heavy atom. The summed E-state index contributed by atoms with van der Waals surface area (Å²) >= 11 is 0. The number of nitrogens with zero attached hydrogens (tertiary/aromatic N) is 9. The van der Waals surface area contributed by atoms with Gasteiger partial charge in [-0.2, -0.15) is 10.2 Å². The van der Waals surface area contributed by atoms with Crippen LogP contribution >= 0.6 is 0 Å². The topological polar surface area (TPSA) is 192 Å². The molecule has 3 N–H and O–H groups in total. The van der Waals surface area contributed by atoms with E-state index in [0.29, 0.717) is 83.7 Å². The molecule has 1 aromatic carbocycles. The number of amides is 2. The lowest BCUT2D eigenvalue weighted by Crippen LogP contribution is -2.38. The number of fused-ring (bicyclic) bond motifs is 2. The van der Waals surface area contributed by atoms with Crippen LogP contribution in [0.4, 0.5) is 5.95 Å². The normalized spacial score (nSPS) is 13.3. The number of aryl methyl sites for hydroxylation is 4. The molecule has 16 heteroatoms. The zero-order valence-corrected chi connectivity index (χ0v) is 29.4. The minimum absolute atomic E-state index is 0.0687. The number of carbonyl (C=O) groups is 3. The summed E-state index contributed by atoms with van der Waals surface area (Å²) < 4.78 is 18.6. The Kier molecular flexibility index (Phi) is 9.38. The summed E-state index contributed by atoms with van der Waals surface area (Å²) in [5.41, 5.74) is 10.6. The van der Waals surface area contributed by atoms with E-state index in [2.05, 4.69) is 20.5 Å². The fraction of sp³-hybridized carbons (Fsp3) is 0.333. The predicted molar refractivity (Wildman–Crippen MR) is 191 cm³/mol. The van der Waals surface area contributed by atoms with E-state index in [-0.39, 0.29) is 36.4 Å². The number of hydrogen-bond acceptors (Lipinski definition) is 10. The molecule has 16 nitrogen and oxygen atoms in total. The van der Waals surface area contributed by atoms with Gasteiger partial charge >= 0.3 is 0 Å². The summed E-state index contributed by atoms with van der Waals surface area (Å²) in [6, 6.07) is 10.4. The number of pyridine rings is 1. The van der Waals surface area contributed by atoms with E-state index in [0.717, 1.165) is 5.69 Å². The second-order valence-electron chi connectivity index (χ2n) is 12.5. The van der Waals surface area contributed by atoms with Crippen molar-refractivity contribution in [3.05, 3.63) is 88.9 Å². The molecule has 1 aliphatic heterocycles. The van der Waals surface area contributed by atoms with E-state index in [4.69, 9.17) is 25.2 Å². The van der Waals surface area contributed by atoms with Gasteiger partial charge in [0.1, 0.15) is 40.1 Å². The zero-order chi connectivity index (χ0) is 36.5. The average molecular weight is 706 g/mol. The SMILES string of the molecule is CCn1nc(C)cc1C(=O)Cc1nc2cccnc2n1C/C=C/Cn1c(NC(=O)c2cc(C)nn2CC)nc2cc(C(N)=O)cc(OC3COC3)c21. The first kappa shape index (κ1) is 34.3. The molecule has 5 aromatic heterocycles. The smallest absolute Gasteiger partial charge is 0.276 e. The van der Waals surface area contributed by atoms with Crippen LogP contribution in [0.3, 0.4) is 0 Å². The number of primary amides is 1. The molecule has 0 bridgehead atoms. The Morgan fingerprint density at radius 3 is 2.31 bits per heavy atom. The number of imidazole rings is 2. The molecule has 52 heavy (non-hydrogen) atoms. The number of rotatable bonds is 14. The summed E-state index contributed by atoms with van der Waals surface area (Å²) in [6.45, 7) is 10.0. The standard InChI is InChI=1S/C36H39N11O5/c1-5-46-27(14-21(3)42-46)29(48)18-31-39-25-10-9-11-38-34(25)44(31)12-7-8-13-45-32-26(16-23(33(37)49)17-30(32)52-24-19-51-20-24)40-36(45)41-35(50)28-15-22(4)43-47(28)6-2/h7-11,14-17,24H,5-6,12-13,18-20H2,1-4H3,(H2,37,49)(H,40,41,50)/b8-7+. The Bertz CT molecular complexity index is 2360. The molecule has 0 aliphatic carbocycles. The number of allylic oxidation sites excluding steroid dienone is 2.